The van der Waals surface area contributed by atoms with Crippen LogP contribution in [-0.4, -0.2) is 19.7 Å². The number of anilines is 1. The Balaban J connectivity index is 2.10. The van der Waals surface area contributed by atoms with Gasteiger partial charge in [-0.2, -0.15) is 0 Å². The number of halogens is 1. The third kappa shape index (κ3) is 2.95. The van der Waals surface area contributed by atoms with Crippen molar-refractivity contribution in [2.45, 2.75) is 20.3 Å². The Bertz CT molecular complexity index is 428. The smallest absolute Gasteiger partial charge is 0.0955 e. The molecule has 0 aliphatic carbocycles. The van der Waals surface area contributed by atoms with E-state index < -0.39 is 0 Å². The van der Waals surface area contributed by atoms with Crippen molar-refractivity contribution < 1.29 is 4.74 Å². The summed E-state index contributed by atoms with van der Waals surface area (Å²) >= 11 is 6.27. The third-order valence-corrected chi connectivity index (χ3v) is 3.24. The summed E-state index contributed by atoms with van der Waals surface area (Å²) in [7, 11) is 0. The van der Waals surface area contributed by atoms with Crippen molar-refractivity contribution in [3.63, 3.8) is 0 Å². The molecule has 0 unspecified atom stereocenters. The molecule has 1 aromatic carbocycles. The molecule has 1 heterocycles. The Labute approximate surface area is 108 Å². The summed E-state index contributed by atoms with van der Waals surface area (Å²) in [4.78, 5) is 2.28. The SMILES string of the molecule is CCOC1=CCN(c2ccc(C)cc2Cl)CC1. The van der Waals surface area contributed by atoms with Crippen LogP contribution in [0.25, 0.3) is 0 Å². The van der Waals surface area contributed by atoms with Crippen LogP contribution in [0.3, 0.4) is 0 Å². The second-order valence-corrected chi connectivity index (χ2v) is 4.66. The normalized spacial score (nSPS) is 15.7. The van der Waals surface area contributed by atoms with Crippen LogP contribution in [0.1, 0.15) is 18.9 Å². The van der Waals surface area contributed by atoms with Crippen molar-refractivity contribution in [2.75, 3.05) is 24.6 Å². The van der Waals surface area contributed by atoms with Gasteiger partial charge < -0.3 is 9.64 Å². The Hall–Kier alpha value is -1.15. The van der Waals surface area contributed by atoms with Crippen LogP contribution in [0.4, 0.5) is 5.69 Å². The van der Waals surface area contributed by atoms with E-state index >= 15 is 0 Å². The average molecular weight is 252 g/mol. The van der Waals surface area contributed by atoms with E-state index in [1.54, 1.807) is 0 Å². The molecule has 1 aliphatic rings. The second kappa shape index (κ2) is 5.46. The number of nitrogens with zero attached hydrogens (tertiary/aromatic N) is 1. The number of aryl methyl sites for hydroxylation is 1. The lowest BCUT2D eigenvalue weighted by Gasteiger charge is -2.29. The first-order valence-corrected chi connectivity index (χ1v) is 6.41. The van der Waals surface area contributed by atoms with Crippen LogP contribution in [0.2, 0.25) is 5.02 Å². The van der Waals surface area contributed by atoms with E-state index in [1.807, 2.05) is 13.0 Å². The lowest BCUT2D eigenvalue weighted by molar-refractivity contribution is 0.215. The summed E-state index contributed by atoms with van der Waals surface area (Å²) in [5.74, 6) is 1.10. The monoisotopic (exact) mass is 251 g/mol. The van der Waals surface area contributed by atoms with E-state index in [0.717, 1.165) is 42.6 Å². The van der Waals surface area contributed by atoms with E-state index in [1.165, 1.54) is 5.56 Å². The number of hydrogen-bond acceptors (Lipinski definition) is 2. The Morgan fingerprint density at radius 2 is 2.24 bits per heavy atom. The summed E-state index contributed by atoms with van der Waals surface area (Å²) in [5, 5.41) is 0.832. The Morgan fingerprint density at radius 3 is 2.82 bits per heavy atom. The molecule has 3 heteroatoms. The molecule has 0 spiro atoms. The summed E-state index contributed by atoms with van der Waals surface area (Å²) in [5.41, 5.74) is 2.31. The zero-order chi connectivity index (χ0) is 12.3. The summed E-state index contributed by atoms with van der Waals surface area (Å²) in [6, 6.07) is 6.21. The molecule has 0 fully saturated rings. The highest BCUT2D eigenvalue weighted by Gasteiger charge is 2.15. The molecule has 2 rings (SSSR count). The molecule has 0 N–H and O–H groups in total. The van der Waals surface area contributed by atoms with Crippen molar-refractivity contribution in [1.29, 1.82) is 0 Å². The molecule has 0 saturated carbocycles. The van der Waals surface area contributed by atoms with Crippen molar-refractivity contribution >= 4 is 17.3 Å². The highest BCUT2D eigenvalue weighted by Crippen LogP contribution is 2.28. The second-order valence-electron chi connectivity index (χ2n) is 4.25. The lowest BCUT2D eigenvalue weighted by Crippen LogP contribution is -2.29. The summed E-state index contributed by atoms with van der Waals surface area (Å²) < 4.78 is 5.52. The van der Waals surface area contributed by atoms with Crippen molar-refractivity contribution in [3.05, 3.63) is 40.6 Å². The molecule has 0 amide bonds. The molecule has 0 radical (unpaired) electrons. The molecule has 0 aromatic heterocycles. The van der Waals surface area contributed by atoms with Gasteiger partial charge >= 0.3 is 0 Å². The molecular formula is C14H18ClNO. The van der Waals surface area contributed by atoms with E-state index in [9.17, 15) is 0 Å². The van der Waals surface area contributed by atoms with Crippen LogP contribution in [0, 0.1) is 6.92 Å². The van der Waals surface area contributed by atoms with Crippen LogP contribution < -0.4 is 4.90 Å². The van der Waals surface area contributed by atoms with E-state index in [0.29, 0.717) is 0 Å². The quantitative estimate of drug-likeness (QED) is 0.811. The van der Waals surface area contributed by atoms with Crippen LogP contribution in [-0.2, 0) is 4.74 Å². The first-order valence-electron chi connectivity index (χ1n) is 6.03. The number of hydrogen-bond donors (Lipinski definition) is 0. The largest absolute Gasteiger partial charge is 0.498 e. The molecule has 0 atom stereocenters. The van der Waals surface area contributed by atoms with Gasteiger partial charge in [-0.3, -0.25) is 0 Å². The highest BCUT2D eigenvalue weighted by atomic mass is 35.5. The minimum absolute atomic E-state index is 0.747. The molecule has 92 valence electrons. The summed E-state index contributed by atoms with van der Waals surface area (Å²) in [6.07, 6.45) is 3.10. The fourth-order valence-corrected chi connectivity index (χ4v) is 2.41. The molecule has 0 saturated heterocycles. The maximum Gasteiger partial charge on any atom is 0.0955 e. The van der Waals surface area contributed by atoms with E-state index in [2.05, 4.69) is 30.0 Å². The average Bonchev–Trinajstić information content (AvgIpc) is 2.31. The van der Waals surface area contributed by atoms with Crippen LogP contribution in [0.15, 0.2) is 30.0 Å². The van der Waals surface area contributed by atoms with Gasteiger partial charge in [0.15, 0.2) is 0 Å². The van der Waals surface area contributed by atoms with Gasteiger partial charge in [-0.1, -0.05) is 17.7 Å². The molecular weight excluding hydrogens is 234 g/mol. The molecule has 2 nitrogen and oxygen atoms in total. The first kappa shape index (κ1) is 12.3. The number of ether oxygens (including phenoxy) is 1. The maximum absolute atomic E-state index is 6.27. The van der Waals surface area contributed by atoms with E-state index in [4.69, 9.17) is 16.3 Å². The number of benzene rings is 1. The van der Waals surface area contributed by atoms with Gasteiger partial charge in [0.1, 0.15) is 0 Å². The van der Waals surface area contributed by atoms with Crippen LogP contribution in [0.5, 0.6) is 0 Å². The van der Waals surface area contributed by atoms with Gasteiger partial charge in [0.25, 0.3) is 0 Å². The lowest BCUT2D eigenvalue weighted by atomic mass is 10.1. The Morgan fingerprint density at radius 1 is 1.41 bits per heavy atom. The molecule has 17 heavy (non-hydrogen) atoms. The van der Waals surface area contributed by atoms with E-state index in [-0.39, 0.29) is 0 Å². The minimum Gasteiger partial charge on any atom is -0.498 e. The van der Waals surface area contributed by atoms with Gasteiger partial charge in [0, 0.05) is 19.5 Å². The highest BCUT2D eigenvalue weighted by molar-refractivity contribution is 6.33. The fraction of sp³-hybridized carbons (Fsp3) is 0.429. The van der Waals surface area contributed by atoms with Gasteiger partial charge in [-0.05, 0) is 37.6 Å². The maximum atomic E-state index is 6.27. The first-order chi connectivity index (χ1) is 8.20. The predicted molar refractivity (Wildman–Crippen MR) is 72.7 cm³/mol. The zero-order valence-corrected chi connectivity index (χ0v) is 11.1. The molecule has 1 aliphatic heterocycles. The van der Waals surface area contributed by atoms with Gasteiger partial charge in [-0.25, -0.2) is 0 Å². The van der Waals surface area contributed by atoms with Crippen molar-refractivity contribution in [2.24, 2.45) is 0 Å². The van der Waals surface area contributed by atoms with Crippen molar-refractivity contribution in [1.82, 2.24) is 0 Å². The molecule has 1 aromatic rings. The summed E-state index contributed by atoms with van der Waals surface area (Å²) in [6.45, 7) is 6.66. The van der Waals surface area contributed by atoms with Gasteiger partial charge in [-0.15, -0.1) is 0 Å². The third-order valence-electron chi connectivity index (χ3n) is 2.94. The minimum atomic E-state index is 0.747. The molecule has 0 bridgehead atoms. The zero-order valence-electron chi connectivity index (χ0n) is 10.4. The van der Waals surface area contributed by atoms with Gasteiger partial charge in [0.2, 0.25) is 0 Å². The predicted octanol–water partition coefficient (Wildman–Crippen LogP) is 3.78. The van der Waals surface area contributed by atoms with Crippen LogP contribution >= 0.6 is 11.6 Å². The standard InChI is InChI=1S/C14H18ClNO/c1-3-17-12-6-8-16(9-7-12)14-5-4-11(2)10-13(14)15/h4-6,10H,3,7-9H2,1-2H3. The van der Waals surface area contributed by atoms with Crippen molar-refractivity contribution in [3.8, 4) is 0 Å². The fourth-order valence-electron chi connectivity index (χ4n) is 2.05. The number of rotatable bonds is 3. The van der Waals surface area contributed by atoms with Gasteiger partial charge in [0.05, 0.1) is 23.1 Å². The topological polar surface area (TPSA) is 12.5 Å². The Kier molecular flexibility index (Phi) is 3.95.